The first kappa shape index (κ1) is 17.6. The van der Waals surface area contributed by atoms with Crippen molar-refractivity contribution in [3.05, 3.63) is 51.9 Å². The van der Waals surface area contributed by atoms with E-state index in [0.717, 1.165) is 30.5 Å². The van der Waals surface area contributed by atoms with Crippen molar-refractivity contribution in [1.29, 1.82) is 0 Å². The largest absolute Gasteiger partial charge is 0.416 e. The second-order valence-corrected chi connectivity index (χ2v) is 6.78. The summed E-state index contributed by atoms with van der Waals surface area (Å²) in [5.41, 5.74) is 0.577. The number of alkyl halides is 3. The van der Waals surface area contributed by atoms with E-state index in [0.29, 0.717) is 30.1 Å². The number of aromatic nitrogens is 4. The van der Waals surface area contributed by atoms with Gasteiger partial charge < -0.3 is 4.90 Å². The molecule has 0 saturated carbocycles. The molecule has 0 radical (unpaired) electrons. The third-order valence-corrected chi connectivity index (χ3v) is 5.09. The zero-order valence-corrected chi connectivity index (χ0v) is 14.6. The Balaban J connectivity index is 1.49. The number of aryl methyl sites for hydroxylation is 1. The van der Waals surface area contributed by atoms with Gasteiger partial charge in [-0.3, -0.25) is 14.5 Å². The zero-order chi connectivity index (χ0) is 19.2. The van der Waals surface area contributed by atoms with Gasteiger partial charge in [0.1, 0.15) is 5.39 Å². The molecule has 0 aliphatic carbocycles. The van der Waals surface area contributed by atoms with Gasteiger partial charge in [-0.05, 0) is 36.5 Å². The van der Waals surface area contributed by atoms with Gasteiger partial charge in [-0.25, -0.2) is 0 Å². The number of nitrogens with one attached hydrogen (secondary N) is 1. The zero-order valence-electron chi connectivity index (χ0n) is 14.6. The smallest absolute Gasteiger partial charge is 0.342 e. The third kappa shape index (κ3) is 3.29. The number of benzene rings is 1. The van der Waals surface area contributed by atoms with Gasteiger partial charge in [-0.1, -0.05) is 12.1 Å². The SMILES string of the molecule is Cn1ncc2c(=O)[nH]c(N3CCC(c4ccc(C(F)(F)F)cc4)CC3)nc21. The van der Waals surface area contributed by atoms with Crippen LogP contribution in [-0.4, -0.2) is 32.8 Å². The molecule has 0 bridgehead atoms. The molecule has 1 saturated heterocycles. The molecule has 1 aromatic carbocycles. The van der Waals surface area contributed by atoms with Crippen molar-refractivity contribution in [2.45, 2.75) is 24.9 Å². The molecule has 6 nitrogen and oxygen atoms in total. The molecule has 0 atom stereocenters. The number of nitrogens with zero attached hydrogens (tertiary/aromatic N) is 4. The molecule has 0 unspecified atom stereocenters. The molecule has 0 spiro atoms. The van der Waals surface area contributed by atoms with E-state index in [4.69, 9.17) is 0 Å². The summed E-state index contributed by atoms with van der Waals surface area (Å²) in [6, 6.07) is 5.39. The minimum Gasteiger partial charge on any atom is -0.342 e. The van der Waals surface area contributed by atoms with E-state index < -0.39 is 11.7 Å². The predicted octanol–water partition coefficient (Wildman–Crippen LogP) is 3.06. The molecular formula is C18H18F3N5O. The number of H-pyrrole nitrogens is 1. The first-order chi connectivity index (χ1) is 12.8. The molecule has 1 aliphatic rings. The summed E-state index contributed by atoms with van der Waals surface area (Å²) in [6.07, 6.45) is -1.28. The Hall–Kier alpha value is -2.84. The summed E-state index contributed by atoms with van der Waals surface area (Å²) in [4.78, 5) is 21.5. The molecule has 9 heteroatoms. The van der Waals surface area contributed by atoms with E-state index in [2.05, 4.69) is 15.1 Å². The van der Waals surface area contributed by atoms with Crippen molar-refractivity contribution in [1.82, 2.24) is 19.7 Å². The number of piperidine rings is 1. The van der Waals surface area contributed by atoms with Gasteiger partial charge >= 0.3 is 6.18 Å². The van der Waals surface area contributed by atoms with Crippen LogP contribution in [-0.2, 0) is 13.2 Å². The fraction of sp³-hybridized carbons (Fsp3) is 0.389. The molecule has 3 aromatic rings. The number of hydrogen-bond donors (Lipinski definition) is 1. The summed E-state index contributed by atoms with van der Waals surface area (Å²) in [7, 11) is 1.73. The van der Waals surface area contributed by atoms with Crippen molar-refractivity contribution in [2.75, 3.05) is 18.0 Å². The van der Waals surface area contributed by atoms with Gasteiger partial charge in [0.2, 0.25) is 5.95 Å². The maximum absolute atomic E-state index is 12.7. The molecule has 2 aromatic heterocycles. The van der Waals surface area contributed by atoms with Gasteiger partial charge in [0, 0.05) is 20.1 Å². The topological polar surface area (TPSA) is 66.8 Å². The van der Waals surface area contributed by atoms with Crippen LogP contribution in [0.4, 0.5) is 19.1 Å². The van der Waals surface area contributed by atoms with E-state index >= 15 is 0 Å². The second-order valence-electron chi connectivity index (χ2n) is 6.78. The summed E-state index contributed by atoms with van der Waals surface area (Å²) in [5.74, 6) is 0.692. The average Bonchev–Trinajstić information content (AvgIpc) is 3.03. The first-order valence-electron chi connectivity index (χ1n) is 8.67. The fourth-order valence-electron chi connectivity index (χ4n) is 3.54. The normalized spacial score (nSPS) is 16.2. The Morgan fingerprint density at radius 2 is 1.81 bits per heavy atom. The Bertz CT molecular complexity index is 1010. The third-order valence-electron chi connectivity index (χ3n) is 5.09. The summed E-state index contributed by atoms with van der Waals surface area (Å²) >= 11 is 0. The molecular weight excluding hydrogens is 359 g/mol. The highest BCUT2D eigenvalue weighted by molar-refractivity contribution is 5.74. The van der Waals surface area contributed by atoms with Gasteiger partial charge in [0.25, 0.3) is 5.56 Å². The fourth-order valence-corrected chi connectivity index (χ4v) is 3.54. The van der Waals surface area contributed by atoms with Crippen molar-refractivity contribution in [3.63, 3.8) is 0 Å². The Labute approximate surface area is 152 Å². The molecule has 1 aliphatic heterocycles. The molecule has 1 fully saturated rings. The van der Waals surface area contributed by atoms with Crippen molar-refractivity contribution in [3.8, 4) is 0 Å². The number of halogens is 3. The summed E-state index contributed by atoms with van der Waals surface area (Å²) in [5, 5.41) is 4.50. The summed E-state index contributed by atoms with van der Waals surface area (Å²) < 4.78 is 39.7. The van der Waals surface area contributed by atoms with Gasteiger partial charge in [-0.2, -0.15) is 23.3 Å². The highest BCUT2D eigenvalue weighted by atomic mass is 19.4. The number of aromatic amines is 1. The lowest BCUT2D eigenvalue weighted by Gasteiger charge is -2.32. The second kappa shape index (κ2) is 6.40. The van der Waals surface area contributed by atoms with Crippen molar-refractivity contribution in [2.24, 2.45) is 7.05 Å². The van der Waals surface area contributed by atoms with Crippen LogP contribution in [0.3, 0.4) is 0 Å². The number of hydrogen-bond acceptors (Lipinski definition) is 4. The van der Waals surface area contributed by atoms with Crippen LogP contribution >= 0.6 is 0 Å². The maximum atomic E-state index is 12.7. The monoisotopic (exact) mass is 377 g/mol. The van der Waals surface area contributed by atoms with E-state index in [1.54, 1.807) is 23.9 Å². The quantitative estimate of drug-likeness (QED) is 0.745. The van der Waals surface area contributed by atoms with Crippen LogP contribution in [0.1, 0.15) is 29.9 Å². The highest BCUT2D eigenvalue weighted by Crippen LogP contribution is 2.33. The minimum absolute atomic E-state index is 0.190. The van der Waals surface area contributed by atoms with E-state index in [1.165, 1.54) is 6.20 Å². The Morgan fingerprint density at radius 1 is 1.15 bits per heavy atom. The predicted molar refractivity (Wildman–Crippen MR) is 94.8 cm³/mol. The lowest BCUT2D eigenvalue weighted by Crippen LogP contribution is -2.35. The summed E-state index contributed by atoms with van der Waals surface area (Å²) in [6.45, 7) is 1.33. The molecule has 3 heterocycles. The van der Waals surface area contributed by atoms with Crippen LogP contribution in [0.15, 0.2) is 35.3 Å². The first-order valence-corrected chi connectivity index (χ1v) is 8.67. The van der Waals surface area contributed by atoms with Crippen LogP contribution in [0, 0.1) is 0 Å². The van der Waals surface area contributed by atoms with Gasteiger partial charge in [0.05, 0.1) is 11.8 Å². The van der Waals surface area contributed by atoms with Crippen LogP contribution in [0.2, 0.25) is 0 Å². The van der Waals surface area contributed by atoms with E-state index in [1.807, 2.05) is 4.90 Å². The van der Waals surface area contributed by atoms with Gasteiger partial charge in [0.15, 0.2) is 5.65 Å². The number of anilines is 1. The van der Waals surface area contributed by atoms with Gasteiger partial charge in [-0.15, -0.1) is 0 Å². The number of fused-ring (bicyclic) bond motifs is 1. The Kier molecular flexibility index (Phi) is 4.16. The van der Waals surface area contributed by atoms with Crippen LogP contribution in [0.25, 0.3) is 11.0 Å². The molecule has 27 heavy (non-hydrogen) atoms. The van der Waals surface area contributed by atoms with Crippen LogP contribution in [0.5, 0.6) is 0 Å². The van der Waals surface area contributed by atoms with Crippen LogP contribution < -0.4 is 10.5 Å². The van der Waals surface area contributed by atoms with E-state index in [9.17, 15) is 18.0 Å². The van der Waals surface area contributed by atoms with Crippen molar-refractivity contribution >= 4 is 17.0 Å². The Morgan fingerprint density at radius 3 is 2.44 bits per heavy atom. The van der Waals surface area contributed by atoms with Crippen molar-refractivity contribution < 1.29 is 13.2 Å². The lowest BCUT2D eigenvalue weighted by molar-refractivity contribution is -0.137. The molecule has 1 N–H and O–H groups in total. The standard InChI is InChI=1S/C18H18F3N5O/c1-25-15-14(10-22-25)16(27)24-17(23-15)26-8-6-12(7-9-26)11-2-4-13(5-3-11)18(19,20)21/h2-5,10,12H,6-9H2,1H3,(H,23,24,27). The molecule has 142 valence electrons. The minimum atomic E-state index is -4.32. The highest BCUT2D eigenvalue weighted by Gasteiger charge is 2.30. The van der Waals surface area contributed by atoms with E-state index in [-0.39, 0.29) is 11.5 Å². The lowest BCUT2D eigenvalue weighted by atomic mass is 9.89. The molecule has 0 amide bonds. The maximum Gasteiger partial charge on any atom is 0.416 e. The molecule has 4 rings (SSSR count). The average molecular weight is 377 g/mol. The number of rotatable bonds is 2.